The lowest BCUT2D eigenvalue weighted by Crippen LogP contribution is -2.24. The van der Waals surface area contributed by atoms with Crippen LogP contribution in [0.3, 0.4) is 0 Å². The van der Waals surface area contributed by atoms with Crippen molar-refractivity contribution in [1.29, 1.82) is 5.26 Å². The fourth-order valence-electron chi connectivity index (χ4n) is 1.01. The van der Waals surface area contributed by atoms with Gasteiger partial charge in [0, 0.05) is 11.8 Å². The topological polar surface area (TPSA) is 44.1 Å². The van der Waals surface area contributed by atoms with Crippen LogP contribution in [0.2, 0.25) is 0 Å². The van der Waals surface area contributed by atoms with Crippen molar-refractivity contribution < 1.29 is 4.79 Å². The highest BCUT2D eigenvalue weighted by atomic mass is 32.2. The molecule has 0 aliphatic heterocycles. The molecular formula is C12H16N2OS. The van der Waals surface area contributed by atoms with Crippen molar-refractivity contribution in [1.82, 2.24) is 4.31 Å². The summed E-state index contributed by atoms with van der Waals surface area (Å²) in [4.78, 5) is 11.7. The van der Waals surface area contributed by atoms with E-state index in [0.29, 0.717) is 5.56 Å². The summed E-state index contributed by atoms with van der Waals surface area (Å²) in [6.07, 6.45) is 1.78. The number of hydrogen-bond acceptors (Lipinski definition) is 3. The van der Waals surface area contributed by atoms with E-state index in [1.807, 2.05) is 26.0 Å². The smallest absolute Gasteiger partial charge is 0.264 e. The number of benzene rings is 1. The van der Waals surface area contributed by atoms with E-state index in [-0.39, 0.29) is 12.5 Å². The fourth-order valence-corrected chi connectivity index (χ4v) is 1.47. The van der Waals surface area contributed by atoms with E-state index in [4.69, 9.17) is 5.26 Å². The second kappa shape index (κ2) is 8.81. The Hall–Kier alpha value is -1.47. The van der Waals surface area contributed by atoms with Gasteiger partial charge in [-0.05, 0) is 24.1 Å². The molecule has 3 nitrogen and oxygen atoms in total. The minimum Gasteiger partial charge on any atom is -0.268 e. The zero-order valence-electron chi connectivity index (χ0n) is 9.80. The third kappa shape index (κ3) is 4.37. The molecule has 1 amide bonds. The predicted molar refractivity (Wildman–Crippen MR) is 68.0 cm³/mol. The Morgan fingerprint density at radius 1 is 1.38 bits per heavy atom. The molecule has 0 saturated heterocycles. The second-order valence-corrected chi connectivity index (χ2v) is 3.35. The summed E-state index contributed by atoms with van der Waals surface area (Å²) in [6, 6.07) is 10.9. The van der Waals surface area contributed by atoms with Crippen LogP contribution in [0.4, 0.5) is 0 Å². The van der Waals surface area contributed by atoms with Crippen LogP contribution in [-0.2, 0) is 0 Å². The molecule has 0 atom stereocenters. The van der Waals surface area contributed by atoms with Crippen molar-refractivity contribution in [2.24, 2.45) is 0 Å². The summed E-state index contributed by atoms with van der Waals surface area (Å²) in [5.41, 5.74) is 0.608. The van der Waals surface area contributed by atoms with Crippen LogP contribution >= 0.6 is 11.9 Å². The number of amides is 1. The molecule has 0 saturated carbocycles. The van der Waals surface area contributed by atoms with Gasteiger partial charge < -0.3 is 0 Å². The predicted octanol–water partition coefficient (Wildman–Crippen LogP) is 2.96. The number of rotatable bonds is 3. The standard InChI is InChI=1S/C10H10N2OS.C2H6/c1-14-12(8-7-11)10(13)9-5-3-2-4-6-9;1-2/h2-6H,8H2,1H3;1-2H3. The summed E-state index contributed by atoms with van der Waals surface area (Å²) in [6.45, 7) is 4.11. The van der Waals surface area contributed by atoms with Crippen molar-refractivity contribution in [2.75, 3.05) is 12.8 Å². The van der Waals surface area contributed by atoms with Crippen molar-refractivity contribution >= 4 is 17.9 Å². The average molecular weight is 236 g/mol. The molecule has 0 N–H and O–H groups in total. The van der Waals surface area contributed by atoms with Gasteiger partial charge in [0.2, 0.25) is 0 Å². The highest BCUT2D eigenvalue weighted by molar-refractivity contribution is 7.96. The highest BCUT2D eigenvalue weighted by Gasteiger charge is 2.13. The van der Waals surface area contributed by atoms with E-state index in [9.17, 15) is 4.79 Å². The molecule has 0 fully saturated rings. The first-order valence-electron chi connectivity index (χ1n) is 5.07. The number of nitriles is 1. The largest absolute Gasteiger partial charge is 0.268 e. The van der Waals surface area contributed by atoms with Gasteiger partial charge in [0.1, 0.15) is 6.54 Å². The van der Waals surface area contributed by atoms with Crippen LogP contribution in [0.1, 0.15) is 24.2 Å². The zero-order chi connectivity index (χ0) is 12.4. The van der Waals surface area contributed by atoms with E-state index in [1.54, 1.807) is 30.5 Å². The number of carbonyl (C=O) groups is 1. The SMILES string of the molecule is CC.CSN(CC#N)C(=O)c1ccccc1. The molecule has 1 rings (SSSR count). The summed E-state index contributed by atoms with van der Waals surface area (Å²) >= 11 is 1.26. The lowest BCUT2D eigenvalue weighted by Gasteiger charge is -2.15. The molecule has 0 spiro atoms. The van der Waals surface area contributed by atoms with Crippen molar-refractivity contribution in [3.8, 4) is 6.07 Å². The molecule has 0 unspecified atom stereocenters. The number of nitrogens with zero attached hydrogens (tertiary/aromatic N) is 2. The van der Waals surface area contributed by atoms with Gasteiger partial charge in [-0.2, -0.15) is 5.26 Å². The Labute approximate surface area is 101 Å². The Morgan fingerprint density at radius 2 is 1.94 bits per heavy atom. The zero-order valence-corrected chi connectivity index (χ0v) is 10.6. The molecule has 0 heterocycles. The lowest BCUT2D eigenvalue weighted by atomic mass is 10.2. The first-order valence-corrected chi connectivity index (χ1v) is 6.25. The molecule has 16 heavy (non-hydrogen) atoms. The first kappa shape index (κ1) is 14.5. The van der Waals surface area contributed by atoms with Gasteiger partial charge in [0.25, 0.3) is 5.91 Å². The minimum absolute atomic E-state index is 0.106. The maximum atomic E-state index is 11.7. The van der Waals surface area contributed by atoms with Crippen molar-refractivity contribution in [3.05, 3.63) is 35.9 Å². The molecule has 0 radical (unpaired) electrons. The summed E-state index contributed by atoms with van der Waals surface area (Å²) < 4.78 is 1.43. The normalized spacial score (nSPS) is 8.38. The van der Waals surface area contributed by atoms with Gasteiger partial charge in [-0.1, -0.05) is 32.0 Å². The van der Waals surface area contributed by atoms with E-state index < -0.39 is 0 Å². The van der Waals surface area contributed by atoms with Crippen LogP contribution in [0.25, 0.3) is 0 Å². The van der Waals surface area contributed by atoms with Gasteiger partial charge in [-0.15, -0.1) is 0 Å². The van der Waals surface area contributed by atoms with Crippen LogP contribution < -0.4 is 0 Å². The Balaban J connectivity index is 0.00000106. The van der Waals surface area contributed by atoms with E-state index in [0.717, 1.165) is 0 Å². The van der Waals surface area contributed by atoms with Crippen LogP contribution in [-0.4, -0.2) is 23.0 Å². The Morgan fingerprint density at radius 3 is 2.38 bits per heavy atom. The van der Waals surface area contributed by atoms with Crippen LogP contribution in [0.15, 0.2) is 30.3 Å². The molecule has 0 aliphatic carbocycles. The third-order valence-electron chi connectivity index (χ3n) is 1.68. The molecule has 1 aromatic rings. The fraction of sp³-hybridized carbons (Fsp3) is 0.333. The molecule has 1 aromatic carbocycles. The molecule has 0 bridgehead atoms. The Kier molecular flexibility index (Phi) is 8.00. The highest BCUT2D eigenvalue weighted by Crippen LogP contribution is 2.11. The maximum absolute atomic E-state index is 11.7. The van der Waals surface area contributed by atoms with Crippen LogP contribution in [0, 0.1) is 11.3 Å². The molecule has 0 aromatic heterocycles. The van der Waals surface area contributed by atoms with Crippen LogP contribution in [0.5, 0.6) is 0 Å². The molecular weight excluding hydrogens is 220 g/mol. The first-order chi connectivity index (χ1) is 7.79. The monoisotopic (exact) mass is 236 g/mol. The van der Waals surface area contributed by atoms with Gasteiger partial charge in [-0.25, -0.2) is 0 Å². The summed E-state index contributed by atoms with van der Waals surface area (Å²) in [5, 5.41) is 8.51. The number of carbonyl (C=O) groups excluding carboxylic acids is 1. The van der Waals surface area contributed by atoms with Gasteiger partial charge in [-0.3, -0.25) is 9.10 Å². The van der Waals surface area contributed by atoms with E-state index in [1.165, 1.54) is 16.3 Å². The van der Waals surface area contributed by atoms with Gasteiger partial charge >= 0.3 is 0 Å². The molecule has 86 valence electrons. The van der Waals surface area contributed by atoms with Crippen molar-refractivity contribution in [2.45, 2.75) is 13.8 Å². The summed E-state index contributed by atoms with van der Waals surface area (Å²) in [7, 11) is 0. The van der Waals surface area contributed by atoms with Gasteiger partial charge in [0.05, 0.1) is 6.07 Å². The second-order valence-electron chi connectivity index (χ2n) is 2.55. The summed E-state index contributed by atoms with van der Waals surface area (Å²) in [5.74, 6) is -0.125. The third-order valence-corrected chi connectivity index (χ3v) is 2.42. The number of hydrogen-bond donors (Lipinski definition) is 0. The van der Waals surface area contributed by atoms with Crippen molar-refractivity contribution in [3.63, 3.8) is 0 Å². The molecule has 0 aliphatic rings. The quantitative estimate of drug-likeness (QED) is 0.598. The lowest BCUT2D eigenvalue weighted by molar-refractivity contribution is 0.0883. The van der Waals surface area contributed by atoms with Gasteiger partial charge in [0.15, 0.2) is 0 Å². The minimum atomic E-state index is -0.125. The maximum Gasteiger partial charge on any atom is 0.264 e. The Bertz CT molecular complexity index is 346. The average Bonchev–Trinajstić information content (AvgIpc) is 2.38. The van der Waals surface area contributed by atoms with E-state index >= 15 is 0 Å². The van der Waals surface area contributed by atoms with E-state index in [2.05, 4.69) is 0 Å². The molecule has 4 heteroatoms.